The van der Waals surface area contributed by atoms with E-state index in [-0.39, 0.29) is 5.84 Å². The van der Waals surface area contributed by atoms with Crippen molar-refractivity contribution >= 4 is 11.8 Å². The molecule has 1 spiro atoms. The number of anilines is 1. The second-order valence-corrected chi connectivity index (χ2v) is 6.27. The first kappa shape index (κ1) is 14.1. The van der Waals surface area contributed by atoms with Gasteiger partial charge in [-0.25, -0.2) is 9.97 Å². The second kappa shape index (κ2) is 5.87. The fourth-order valence-corrected chi connectivity index (χ4v) is 3.68. The third-order valence-electron chi connectivity index (χ3n) is 5.03. The van der Waals surface area contributed by atoms with Crippen molar-refractivity contribution in [2.24, 2.45) is 16.3 Å². The zero-order valence-corrected chi connectivity index (χ0v) is 12.3. The third kappa shape index (κ3) is 2.94. The van der Waals surface area contributed by atoms with E-state index in [9.17, 15) is 0 Å². The van der Waals surface area contributed by atoms with Crippen molar-refractivity contribution in [1.82, 2.24) is 9.97 Å². The lowest BCUT2D eigenvalue weighted by Gasteiger charge is -2.44. The Morgan fingerprint density at radius 2 is 1.90 bits per heavy atom. The molecule has 1 aromatic rings. The fraction of sp³-hybridized carbons (Fsp3) is 0.667. The molecule has 2 heterocycles. The van der Waals surface area contributed by atoms with Gasteiger partial charge in [-0.1, -0.05) is 24.4 Å². The van der Waals surface area contributed by atoms with Crippen LogP contribution in [-0.2, 0) is 0 Å². The number of aromatic nitrogens is 2. The Balaban J connectivity index is 1.69. The van der Waals surface area contributed by atoms with Crippen LogP contribution in [0.15, 0.2) is 17.4 Å². The van der Waals surface area contributed by atoms with Gasteiger partial charge in [-0.15, -0.1) is 0 Å². The molecule has 114 valence electrons. The van der Waals surface area contributed by atoms with E-state index in [1.807, 2.05) is 0 Å². The summed E-state index contributed by atoms with van der Waals surface area (Å²) in [5.74, 6) is 0.712. The summed E-state index contributed by atoms with van der Waals surface area (Å²) in [6.07, 6.45) is 11.0. The monoisotopic (exact) mass is 289 g/mol. The van der Waals surface area contributed by atoms with E-state index in [2.05, 4.69) is 20.0 Å². The van der Waals surface area contributed by atoms with Crippen molar-refractivity contribution in [3.8, 4) is 0 Å². The lowest BCUT2D eigenvalue weighted by Crippen LogP contribution is -2.42. The van der Waals surface area contributed by atoms with Crippen molar-refractivity contribution < 1.29 is 5.21 Å². The molecule has 2 fully saturated rings. The van der Waals surface area contributed by atoms with E-state index in [1.165, 1.54) is 44.9 Å². The van der Waals surface area contributed by atoms with E-state index in [4.69, 9.17) is 10.9 Å². The van der Waals surface area contributed by atoms with E-state index < -0.39 is 0 Å². The molecule has 6 nitrogen and oxygen atoms in total. The summed E-state index contributed by atoms with van der Waals surface area (Å²) in [7, 11) is 0. The highest BCUT2D eigenvalue weighted by Crippen LogP contribution is 2.44. The first-order valence-corrected chi connectivity index (χ1v) is 7.78. The first-order chi connectivity index (χ1) is 10.2. The highest BCUT2D eigenvalue weighted by atomic mass is 16.4. The Hall–Kier alpha value is -1.85. The summed E-state index contributed by atoms with van der Waals surface area (Å²) in [5.41, 5.74) is 6.64. The number of rotatable bonds is 2. The number of oxime groups is 1. The number of hydrogen-bond acceptors (Lipinski definition) is 5. The summed E-state index contributed by atoms with van der Waals surface area (Å²) >= 11 is 0. The SMILES string of the molecule is N/C(=N/O)c1ccnc(N2CCC3(CCCCC3)CC2)n1. The molecule has 0 bridgehead atoms. The van der Waals surface area contributed by atoms with Crippen LogP contribution >= 0.6 is 0 Å². The molecule has 1 saturated heterocycles. The molecule has 6 heteroatoms. The van der Waals surface area contributed by atoms with Crippen LogP contribution in [0.1, 0.15) is 50.6 Å². The van der Waals surface area contributed by atoms with Gasteiger partial charge in [0.15, 0.2) is 5.84 Å². The van der Waals surface area contributed by atoms with Gasteiger partial charge in [-0.05, 0) is 37.2 Å². The molecule has 2 aliphatic rings. The van der Waals surface area contributed by atoms with Crippen LogP contribution in [0, 0.1) is 5.41 Å². The minimum absolute atomic E-state index is 0.0272. The normalized spacial score (nSPS) is 22.5. The Morgan fingerprint density at radius 3 is 2.57 bits per heavy atom. The zero-order valence-electron chi connectivity index (χ0n) is 12.3. The highest BCUT2D eigenvalue weighted by Gasteiger charge is 2.36. The number of hydrogen-bond donors (Lipinski definition) is 2. The third-order valence-corrected chi connectivity index (χ3v) is 5.03. The number of nitrogens with two attached hydrogens (primary N) is 1. The predicted molar refractivity (Wildman–Crippen MR) is 81.5 cm³/mol. The minimum atomic E-state index is 0.0272. The average Bonchev–Trinajstić information content (AvgIpc) is 2.56. The topological polar surface area (TPSA) is 87.6 Å². The molecule has 0 atom stereocenters. The molecular formula is C15H23N5O. The van der Waals surface area contributed by atoms with Gasteiger partial charge in [0.05, 0.1) is 0 Å². The van der Waals surface area contributed by atoms with Crippen LogP contribution < -0.4 is 10.6 Å². The van der Waals surface area contributed by atoms with Crippen molar-refractivity contribution in [3.63, 3.8) is 0 Å². The van der Waals surface area contributed by atoms with Crippen molar-refractivity contribution in [3.05, 3.63) is 18.0 Å². The van der Waals surface area contributed by atoms with Crippen molar-refractivity contribution in [2.75, 3.05) is 18.0 Å². The van der Waals surface area contributed by atoms with Gasteiger partial charge in [-0.3, -0.25) is 0 Å². The first-order valence-electron chi connectivity index (χ1n) is 7.78. The number of piperidine rings is 1. The Labute approximate surface area is 125 Å². The van der Waals surface area contributed by atoms with Crippen LogP contribution in [0.2, 0.25) is 0 Å². The Bertz CT molecular complexity index is 515. The maximum absolute atomic E-state index is 8.74. The summed E-state index contributed by atoms with van der Waals surface area (Å²) in [6, 6.07) is 1.66. The largest absolute Gasteiger partial charge is 0.409 e. The summed E-state index contributed by atoms with van der Waals surface area (Å²) in [5, 5.41) is 11.7. The molecule has 21 heavy (non-hydrogen) atoms. The molecule has 0 unspecified atom stereocenters. The van der Waals surface area contributed by atoms with Crippen molar-refractivity contribution in [1.29, 1.82) is 0 Å². The second-order valence-electron chi connectivity index (χ2n) is 6.27. The average molecular weight is 289 g/mol. The quantitative estimate of drug-likeness (QED) is 0.377. The number of amidine groups is 1. The highest BCUT2D eigenvalue weighted by molar-refractivity contribution is 5.95. The molecule has 0 radical (unpaired) electrons. The molecule has 1 aliphatic heterocycles. The van der Waals surface area contributed by atoms with Crippen LogP contribution in [0.5, 0.6) is 0 Å². The Morgan fingerprint density at radius 1 is 1.19 bits per heavy atom. The molecule has 1 saturated carbocycles. The smallest absolute Gasteiger partial charge is 0.225 e. The molecule has 0 aromatic carbocycles. The predicted octanol–water partition coefficient (Wildman–Crippen LogP) is 2.12. The molecule has 1 aromatic heterocycles. The number of nitrogens with zero attached hydrogens (tertiary/aromatic N) is 4. The van der Waals surface area contributed by atoms with Gasteiger partial charge in [0.25, 0.3) is 0 Å². The zero-order chi connectivity index (χ0) is 14.7. The van der Waals surface area contributed by atoms with E-state index >= 15 is 0 Å². The Kier molecular flexibility index (Phi) is 3.94. The fourth-order valence-electron chi connectivity index (χ4n) is 3.68. The van der Waals surface area contributed by atoms with Crippen molar-refractivity contribution in [2.45, 2.75) is 44.9 Å². The van der Waals surface area contributed by atoms with Gasteiger partial charge in [0.1, 0.15) is 5.69 Å². The lowest BCUT2D eigenvalue weighted by atomic mass is 9.68. The van der Waals surface area contributed by atoms with Crippen LogP contribution in [0.25, 0.3) is 0 Å². The molecule has 0 amide bonds. The lowest BCUT2D eigenvalue weighted by molar-refractivity contribution is 0.144. The van der Waals surface area contributed by atoms with E-state index in [1.54, 1.807) is 12.3 Å². The van der Waals surface area contributed by atoms with E-state index in [0.29, 0.717) is 17.1 Å². The molecule has 3 N–H and O–H groups in total. The van der Waals surface area contributed by atoms with Gasteiger partial charge in [0, 0.05) is 19.3 Å². The molecule has 1 aliphatic carbocycles. The summed E-state index contributed by atoms with van der Waals surface area (Å²) in [6.45, 7) is 2.00. The van der Waals surface area contributed by atoms with Crippen LogP contribution in [-0.4, -0.2) is 34.1 Å². The van der Waals surface area contributed by atoms with Gasteiger partial charge >= 0.3 is 0 Å². The summed E-state index contributed by atoms with van der Waals surface area (Å²) in [4.78, 5) is 11.0. The van der Waals surface area contributed by atoms with Crippen LogP contribution in [0.4, 0.5) is 5.95 Å². The minimum Gasteiger partial charge on any atom is -0.409 e. The molecule has 3 rings (SSSR count). The van der Waals surface area contributed by atoms with Gasteiger partial charge in [0.2, 0.25) is 5.95 Å². The van der Waals surface area contributed by atoms with Gasteiger partial charge in [-0.2, -0.15) is 0 Å². The maximum atomic E-state index is 8.74. The van der Waals surface area contributed by atoms with Crippen LogP contribution in [0.3, 0.4) is 0 Å². The van der Waals surface area contributed by atoms with E-state index in [0.717, 1.165) is 13.1 Å². The van der Waals surface area contributed by atoms with Gasteiger partial charge < -0.3 is 15.8 Å². The summed E-state index contributed by atoms with van der Waals surface area (Å²) < 4.78 is 0. The standard InChI is InChI=1S/C15H23N5O/c16-13(19-21)12-4-9-17-14(18-12)20-10-7-15(8-11-20)5-2-1-3-6-15/h4,9,21H,1-3,5-8,10-11H2,(H2,16,19). The molecular weight excluding hydrogens is 266 g/mol. The maximum Gasteiger partial charge on any atom is 0.225 e.